The lowest BCUT2D eigenvalue weighted by Crippen LogP contribution is -2.27. The third kappa shape index (κ3) is 3.26. The van der Waals surface area contributed by atoms with Crippen LogP contribution in [0.4, 0.5) is 5.82 Å². The summed E-state index contributed by atoms with van der Waals surface area (Å²) in [6.07, 6.45) is 11.5. The predicted molar refractivity (Wildman–Crippen MR) is 108 cm³/mol. The minimum atomic E-state index is 0.00474. The van der Waals surface area contributed by atoms with Gasteiger partial charge in [-0.2, -0.15) is 0 Å². The molecular formula is C21H20N4O2S. The maximum Gasteiger partial charge on any atom is 0.246 e. The zero-order valence-electron chi connectivity index (χ0n) is 15.3. The van der Waals surface area contributed by atoms with Crippen LogP contribution in [0.1, 0.15) is 29.0 Å². The number of likely N-dealkylation sites (tertiary alicyclic amines) is 1. The highest BCUT2D eigenvalue weighted by molar-refractivity contribution is 7.10. The minimum absolute atomic E-state index is 0.00474. The number of carbonyl (C=O) groups excluding carboxylic acids is 2. The summed E-state index contributed by atoms with van der Waals surface area (Å²) >= 11 is 1.68. The molecule has 2 amide bonds. The van der Waals surface area contributed by atoms with Crippen molar-refractivity contribution in [3.63, 3.8) is 0 Å². The molecule has 0 bridgehead atoms. The average molecular weight is 392 g/mol. The first-order valence-corrected chi connectivity index (χ1v) is 10.4. The first kappa shape index (κ1) is 17.3. The van der Waals surface area contributed by atoms with Crippen molar-refractivity contribution in [2.45, 2.75) is 19.3 Å². The van der Waals surface area contributed by atoms with Gasteiger partial charge in [0.25, 0.3) is 0 Å². The van der Waals surface area contributed by atoms with E-state index < -0.39 is 0 Å². The van der Waals surface area contributed by atoms with Crippen molar-refractivity contribution < 1.29 is 9.59 Å². The van der Waals surface area contributed by atoms with Crippen LogP contribution in [0.3, 0.4) is 0 Å². The maximum atomic E-state index is 12.6. The van der Waals surface area contributed by atoms with Crippen LogP contribution in [-0.4, -0.2) is 39.8 Å². The molecule has 142 valence electrons. The number of aryl methyl sites for hydroxylation is 1. The molecule has 3 aliphatic rings. The van der Waals surface area contributed by atoms with Crippen LogP contribution in [0, 0.1) is 11.8 Å². The van der Waals surface area contributed by atoms with Crippen molar-refractivity contribution in [1.82, 2.24) is 14.9 Å². The Labute approximate surface area is 167 Å². The molecule has 1 fully saturated rings. The van der Waals surface area contributed by atoms with E-state index in [2.05, 4.69) is 21.4 Å². The summed E-state index contributed by atoms with van der Waals surface area (Å²) in [5.41, 5.74) is 3.23. The highest BCUT2D eigenvalue weighted by Gasteiger charge is 2.38. The van der Waals surface area contributed by atoms with Gasteiger partial charge in [-0.25, -0.2) is 9.97 Å². The molecular weight excluding hydrogens is 372 g/mol. The molecule has 1 N–H and O–H groups in total. The van der Waals surface area contributed by atoms with Gasteiger partial charge in [0.15, 0.2) is 0 Å². The Morgan fingerprint density at radius 1 is 1.29 bits per heavy atom. The number of anilines is 1. The summed E-state index contributed by atoms with van der Waals surface area (Å²) in [6, 6.07) is 1.99. The third-order valence-corrected chi connectivity index (χ3v) is 6.54. The number of nitrogens with one attached hydrogen (secondary N) is 1. The Kier molecular flexibility index (Phi) is 4.31. The number of amides is 2. The van der Waals surface area contributed by atoms with Crippen molar-refractivity contribution in [2.75, 3.05) is 18.4 Å². The van der Waals surface area contributed by atoms with E-state index in [-0.39, 0.29) is 11.8 Å². The van der Waals surface area contributed by atoms with Gasteiger partial charge in [-0.05, 0) is 53.5 Å². The second kappa shape index (κ2) is 6.98. The van der Waals surface area contributed by atoms with Crippen LogP contribution in [0.5, 0.6) is 0 Å². The number of carbonyl (C=O) groups is 2. The molecule has 0 spiro atoms. The Morgan fingerprint density at radius 2 is 2.21 bits per heavy atom. The fourth-order valence-corrected chi connectivity index (χ4v) is 4.94. The standard InChI is InChI=1S/C21H20N4O2S/c26-18-3-2-14-7-13(10-23-20(14)24-18)1-4-19(27)25-11-16-8-15(9-17(16)12-25)21-22-5-6-28-21/h1,4-8,10,16-17H,2-3,9,11-12H2,(H,23,24,26)/b4-1+/t16?,17-/m0/s1. The molecule has 0 aromatic carbocycles. The molecule has 0 radical (unpaired) electrons. The Balaban J connectivity index is 1.23. The van der Waals surface area contributed by atoms with Crippen LogP contribution >= 0.6 is 11.3 Å². The highest BCUT2D eigenvalue weighted by Crippen LogP contribution is 2.41. The van der Waals surface area contributed by atoms with Crippen molar-refractivity contribution in [1.29, 1.82) is 0 Å². The molecule has 2 aromatic rings. The van der Waals surface area contributed by atoms with Crippen LogP contribution < -0.4 is 5.32 Å². The molecule has 1 saturated heterocycles. The first-order chi connectivity index (χ1) is 13.7. The molecule has 2 atom stereocenters. The van der Waals surface area contributed by atoms with Crippen molar-refractivity contribution in [2.24, 2.45) is 11.8 Å². The quantitative estimate of drug-likeness (QED) is 0.815. The van der Waals surface area contributed by atoms with E-state index in [1.807, 2.05) is 28.6 Å². The smallest absolute Gasteiger partial charge is 0.246 e. The van der Waals surface area contributed by atoms with Gasteiger partial charge in [-0.1, -0.05) is 6.08 Å². The fraction of sp³-hybridized carbons (Fsp3) is 0.333. The molecule has 1 aliphatic carbocycles. The number of hydrogen-bond acceptors (Lipinski definition) is 5. The van der Waals surface area contributed by atoms with E-state index >= 15 is 0 Å². The molecule has 5 rings (SSSR count). The van der Waals surface area contributed by atoms with Gasteiger partial charge in [0.1, 0.15) is 10.8 Å². The van der Waals surface area contributed by atoms with Gasteiger partial charge < -0.3 is 10.2 Å². The first-order valence-electron chi connectivity index (χ1n) is 9.52. The molecule has 0 saturated carbocycles. The second-order valence-electron chi connectivity index (χ2n) is 7.56. The van der Waals surface area contributed by atoms with E-state index in [0.717, 1.165) is 35.6 Å². The minimum Gasteiger partial charge on any atom is -0.338 e. The number of pyridine rings is 1. The fourth-order valence-electron chi connectivity index (χ4n) is 4.27. The van der Waals surface area contributed by atoms with Gasteiger partial charge in [-0.3, -0.25) is 9.59 Å². The monoisotopic (exact) mass is 392 g/mol. The van der Waals surface area contributed by atoms with Crippen molar-refractivity contribution in [3.8, 4) is 0 Å². The van der Waals surface area contributed by atoms with Crippen LogP contribution in [0.15, 0.2) is 36.0 Å². The average Bonchev–Trinajstić information content (AvgIpc) is 3.41. The highest BCUT2D eigenvalue weighted by atomic mass is 32.1. The van der Waals surface area contributed by atoms with E-state index in [0.29, 0.717) is 30.5 Å². The van der Waals surface area contributed by atoms with Gasteiger partial charge in [0.2, 0.25) is 11.8 Å². The zero-order valence-corrected chi connectivity index (χ0v) is 16.1. The zero-order chi connectivity index (χ0) is 19.1. The molecule has 1 unspecified atom stereocenters. The topological polar surface area (TPSA) is 75.2 Å². The van der Waals surface area contributed by atoms with Gasteiger partial charge in [0.05, 0.1) is 0 Å². The molecule has 2 aromatic heterocycles. The van der Waals surface area contributed by atoms with Crippen molar-refractivity contribution in [3.05, 3.63) is 52.1 Å². The summed E-state index contributed by atoms with van der Waals surface area (Å²) in [6.45, 7) is 1.57. The van der Waals surface area contributed by atoms with E-state index in [9.17, 15) is 9.59 Å². The largest absolute Gasteiger partial charge is 0.338 e. The Hall–Kier alpha value is -2.80. The summed E-state index contributed by atoms with van der Waals surface area (Å²) in [4.78, 5) is 34.7. The second-order valence-corrected chi connectivity index (χ2v) is 8.45. The summed E-state index contributed by atoms with van der Waals surface area (Å²) in [5, 5.41) is 5.90. The number of thiazole rings is 1. The van der Waals surface area contributed by atoms with Crippen LogP contribution in [0.25, 0.3) is 11.6 Å². The molecule has 4 heterocycles. The third-order valence-electron chi connectivity index (χ3n) is 5.69. The summed E-state index contributed by atoms with van der Waals surface area (Å²) in [5.74, 6) is 1.63. The number of hydrogen-bond donors (Lipinski definition) is 1. The van der Waals surface area contributed by atoms with E-state index in [1.54, 1.807) is 23.6 Å². The number of aromatic nitrogens is 2. The van der Waals surface area contributed by atoms with Crippen LogP contribution in [-0.2, 0) is 16.0 Å². The molecule has 6 nitrogen and oxygen atoms in total. The molecule has 2 aliphatic heterocycles. The predicted octanol–water partition coefficient (Wildman–Crippen LogP) is 3.00. The van der Waals surface area contributed by atoms with Crippen molar-refractivity contribution >= 4 is 40.6 Å². The lowest BCUT2D eigenvalue weighted by molar-refractivity contribution is -0.125. The lowest BCUT2D eigenvalue weighted by Gasteiger charge is -2.16. The Morgan fingerprint density at radius 3 is 3.04 bits per heavy atom. The summed E-state index contributed by atoms with van der Waals surface area (Å²) < 4.78 is 0. The Bertz CT molecular complexity index is 996. The molecule has 7 heteroatoms. The molecule has 28 heavy (non-hydrogen) atoms. The number of allylic oxidation sites excluding steroid dienone is 1. The van der Waals surface area contributed by atoms with Crippen LogP contribution in [0.2, 0.25) is 0 Å². The van der Waals surface area contributed by atoms with E-state index in [1.165, 1.54) is 5.57 Å². The number of fused-ring (bicyclic) bond motifs is 2. The SMILES string of the molecule is O=C1CCc2cc(/C=C/C(=O)N3CC4C=C(c5nccs5)C[C@H]4C3)cnc2N1. The van der Waals surface area contributed by atoms with Gasteiger partial charge in [0, 0.05) is 43.4 Å². The maximum absolute atomic E-state index is 12.6. The van der Waals surface area contributed by atoms with Gasteiger partial charge >= 0.3 is 0 Å². The van der Waals surface area contributed by atoms with E-state index in [4.69, 9.17) is 0 Å². The normalized spacial score (nSPS) is 23.5. The lowest BCUT2D eigenvalue weighted by atomic mass is 10.00. The number of nitrogens with zero attached hydrogens (tertiary/aromatic N) is 3. The van der Waals surface area contributed by atoms with Gasteiger partial charge in [-0.15, -0.1) is 11.3 Å². The summed E-state index contributed by atoms with van der Waals surface area (Å²) in [7, 11) is 0. The number of rotatable bonds is 3.